The minimum atomic E-state index is -1.03. The van der Waals surface area contributed by atoms with E-state index in [0.29, 0.717) is 11.9 Å². The molecule has 5 rings (SSSR count). The Balaban J connectivity index is 1.56. The van der Waals surface area contributed by atoms with Crippen molar-refractivity contribution < 1.29 is 24.6 Å². The summed E-state index contributed by atoms with van der Waals surface area (Å²) in [4.78, 5) is 43.0. The van der Waals surface area contributed by atoms with E-state index in [1.54, 1.807) is 22.6 Å². The van der Waals surface area contributed by atoms with E-state index >= 15 is 0 Å². The first-order valence-electron chi connectivity index (χ1n) is 11.4. The zero-order valence-corrected chi connectivity index (χ0v) is 21.4. The molecule has 1 spiro atoms. The van der Waals surface area contributed by atoms with Crippen molar-refractivity contribution in [2.75, 3.05) is 13.2 Å². The van der Waals surface area contributed by atoms with Gasteiger partial charge in [-0.2, -0.15) is 0 Å². The lowest BCUT2D eigenvalue weighted by molar-refractivity contribution is -0.149. The fourth-order valence-electron chi connectivity index (χ4n) is 5.92. The Bertz CT molecular complexity index is 1210. The number of hydrogen-bond donors (Lipinski definition) is 2. The van der Waals surface area contributed by atoms with Crippen LogP contribution in [0.25, 0.3) is 11.0 Å². The lowest BCUT2D eigenvalue weighted by atomic mass is 9.71. The second-order valence-corrected chi connectivity index (χ2v) is 12.1. The van der Waals surface area contributed by atoms with Gasteiger partial charge in [0.2, 0.25) is 11.8 Å². The van der Waals surface area contributed by atoms with E-state index < -0.39 is 34.6 Å². The quantitative estimate of drug-likeness (QED) is 0.363. The van der Waals surface area contributed by atoms with Gasteiger partial charge in [-0.1, -0.05) is 39.4 Å². The van der Waals surface area contributed by atoms with Gasteiger partial charge in [0, 0.05) is 16.6 Å². The molecular formula is C23H26BrN5O5S. The van der Waals surface area contributed by atoms with Gasteiger partial charge < -0.3 is 20.0 Å². The third-order valence-electron chi connectivity index (χ3n) is 7.37. The van der Waals surface area contributed by atoms with Crippen LogP contribution in [0, 0.1) is 11.8 Å². The van der Waals surface area contributed by atoms with Gasteiger partial charge in [0.1, 0.15) is 18.2 Å². The molecule has 1 aromatic heterocycles. The van der Waals surface area contributed by atoms with Gasteiger partial charge in [0.25, 0.3) is 0 Å². The topological polar surface area (TPSA) is 129 Å². The molecule has 1 aromatic carbocycles. The first kappa shape index (κ1) is 24.3. The molecule has 3 aliphatic heterocycles. The van der Waals surface area contributed by atoms with Crippen LogP contribution in [-0.4, -0.2) is 92.8 Å². The van der Waals surface area contributed by atoms with Gasteiger partial charge in [-0.15, -0.1) is 23.4 Å². The van der Waals surface area contributed by atoms with Crippen molar-refractivity contribution in [2.24, 2.45) is 11.8 Å². The molecule has 7 atom stereocenters. The molecule has 4 heterocycles. The van der Waals surface area contributed by atoms with Crippen LogP contribution in [0.1, 0.15) is 13.3 Å². The highest BCUT2D eigenvalue weighted by molar-refractivity contribution is 9.09. The summed E-state index contributed by atoms with van der Waals surface area (Å²) in [6.45, 7) is 5.43. The van der Waals surface area contributed by atoms with Crippen molar-refractivity contribution in [3.63, 3.8) is 0 Å². The number of aliphatic hydroxyl groups excluding tert-OH is 1. The Labute approximate surface area is 214 Å². The number of para-hydroxylation sites is 1. The average molecular weight is 564 g/mol. The van der Waals surface area contributed by atoms with E-state index in [-0.39, 0.29) is 41.7 Å². The summed E-state index contributed by atoms with van der Waals surface area (Å²) in [7, 11) is 0. The third-order valence-corrected chi connectivity index (χ3v) is 10.6. The number of aromatic nitrogens is 3. The van der Waals surface area contributed by atoms with Crippen LogP contribution in [0.15, 0.2) is 36.9 Å². The van der Waals surface area contributed by atoms with Gasteiger partial charge >= 0.3 is 5.97 Å². The predicted octanol–water partition coefficient (Wildman–Crippen LogP) is 1.33. The Kier molecular flexibility index (Phi) is 6.17. The zero-order valence-electron chi connectivity index (χ0n) is 19.0. The number of hydrogen-bond acceptors (Lipinski definition) is 7. The first-order valence-corrected chi connectivity index (χ1v) is 13.2. The Morgan fingerprint density at radius 1 is 1.43 bits per heavy atom. The van der Waals surface area contributed by atoms with Crippen molar-refractivity contribution >= 4 is 56.5 Å². The highest BCUT2D eigenvalue weighted by Crippen LogP contribution is 2.68. The average Bonchev–Trinajstić information content (AvgIpc) is 3.55. The van der Waals surface area contributed by atoms with E-state index in [4.69, 9.17) is 0 Å². The highest BCUT2D eigenvalue weighted by Gasteiger charge is 2.76. The van der Waals surface area contributed by atoms with Gasteiger partial charge in [0.15, 0.2) is 0 Å². The minimum Gasteiger partial charge on any atom is -0.481 e. The van der Waals surface area contributed by atoms with Crippen molar-refractivity contribution in [2.45, 2.75) is 46.9 Å². The number of aliphatic hydroxyl groups is 1. The van der Waals surface area contributed by atoms with Crippen LogP contribution in [0.3, 0.4) is 0 Å². The standard InChI is InChI=1S/C23H26BrN5O5S/c1-3-8-27(11-28-15-7-5-4-6-14(15)25-26-28)21(32)19-23-9-13(24)18(35-23)16(22(33)34)17(23)20(31)29(19)12(2)10-30/h3-7,12-13,16-19,30H,1,8-11H2,2H3,(H,33,34)/t12-,13?,16+,17+,18+,19?,23?/m1/s1. The number of rotatable bonds is 8. The van der Waals surface area contributed by atoms with Gasteiger partial charge in [0.05, 0.1) is 34.7 Å². The van der Waals surface area contributed by atoms with E-state index in [1.807, 2.05) is 24.3 Å². The number of halogens is 1. The lowest BCUT2D eigenvalue weighted by Crippen LogP contribution is -2.57. The van der Waals surface area contributed by atoms with Gasteiger partial charge in [-0.25, -0.2) is 4.68 Å². The monoisotopic (exact) mass is 563 g/mol. The summed E-state index contributed by atoms with van der Waals surface area (Å²) in [5.74, 6) is -3.46. The molecule has 2 amide bonds. The molecule has 2 bridgehead atoms. The van der Waals surface area contributed by atoms with Crippen LogP contribution < -0.4 is 0 Å². The normalized spacial score (nSPS) is 32.1. The first-order chi connectivity index (χ1) is 16.7. The molecule has 3 saturated heterocycles. The number of likely N-dealkylation sites (tertiary alicyclic amines) is 1. The summed E-state index contributed by atoms with van der Waals surface area (Å²) in [5, 5.41) is 28.0. The lowest BCUT2D eigenvalue weighted by Gasteiger charge is -2.39. The molecule has 0 aliphatic carbocycles. The summed E-state index contributed by atoms with van der Waals surface area (Å²) in [6, 6.07) is 5.85. The Morgan fingerprint density at radius 2 is 2.17 bits per heavy atom. The van der Waals surface area contributed by atoms with Crippen molar-refractivity contribution in [3.8, 4) is 0 Å². The minimum absolute atomic E-state index is 0.0896. The summed E-state index contributed by atoms with van der Waals surface area (Å²) in [6.07, 6.45) is 2.09. The Morgan fingerprint density at radius 3 is 2.86 bits per heavy atom. The smallest absolute Gasteiger partial charge is 0.308 e. The van der Waals surface area contributed by atoms with E-state index in [2.05, 4.69) is 32.8 Å². The maximum Gasteiger partial charge on any atom is 0.308 e. The number of benzene rings is 1. The van der Waals surface area contributed by atoms with Crippen molar-refractivity contribution in [1.82, 2.24) is 24.8 Å². The maximum absolute atomic E-state index is 14.2. The van der Waals surface area contributed by atoms with E-state index in [1.165, 1.54) is 16.7 Å². The zero-order chi connectivity index (χ0) is 25.1. The molecule has 12 heteroatoms. The van der Waals surface area contributed by atoms with Crippen LogP contribution >= 0.6 is 27.7 Å². The highest BCUT2D eigenvalue weighted by atomic mass is 79.9. The molecule has 186 valence electrons. The van der Waals surface area contributed by atoms with Crippen molar-refractivity contribution in [1.29, 1.82) is 0 Å². The third kappa shape index (κ3) is 3.52. The number of amides is 2. The number of carbonyl (C=O) groups excluding carboxylic acids is 2. The largest absolute Gasteiger partial charge is 0.481 e. The van der Waals surface area contributed by atoms with Gasteiger partial charge in [-0.05, 0) is 25.5 Å². The Hall–Kier alpha value is -2.44. The number of thioether (sulfide) groups is 1. The number of nitrogens with zero attached hydrogens (tertiary/aromatic N) is 5. The second-order valence-electron chi connectivity index (χ2n) is 9.35. The van der Waals surface area contributed by atoms with Crippen LogP contribution in [0.4, 0.5) is 0 Å². The number of fused-ring (bicyclic) bond motifs is 2. The molecule has 0 radical (unpaired) electrons. The summed E-state index contributed by atoms with van der Waals surface area (Å²) >= 11 is 5.05. The molecule has 2 N–H and O–H groups in total. The molecule has 3 aliphatic rings. The number of carbonyl (C=O) groups is 3. The van der Waals surface area contributed by atoms with Crippen LogP contribution in [0.5, 0.6) is 0 Å². The molecule has 35 heavy (non-hydrogen) atoms. The summed E-state index contributed by atoms with van der Waals surface area (Å²) in [5.41, 5.74) is 1.45. The molecule has 2 aromatic rings. The van der Waals surface area contributed by atoms with E-state index in [0.717, 1.165) is 5.52 Å². The number of carboxylic acids is 1. The van der Waals surface area contributed by atoms with Crippen LogP contribution in [-0.2, 0) is 21.1 Å². The van der Waals surface area contributed by atoms with Crippen LogP contribution in [0.2, 0.25) is 0 Å². The molecule has 3 fully saturated rings. The maximum atomic E-state index is 14.2. The fraction of sp³-hybridized carbons (Fsp3) is 0.522. The fourth-order valence-corrected chi connectivity index (χ4v) is 9.51. The number of aliphatic carboxylic acids is 1. The SMILES string of the molecule is C=CCN(Cn1nnc2ccccc21)C(=O)C1N([C@H](C)CO)C(=O)[C@@H]2[C@H](C(=O)O)[C@H]3SC12CC3Br. The number of alkyl halides is 1. The molecular weight excluding hydrogens is 538 g/mol. The van der Waals surface area contributed by atoms with E-state index in [9.17, 15) is 24.6 Å². The predicted molar refractivity (Wildman–Crippen MR) is 133 cm³/mol. The summed E-state index contributed by atoms with van der Waals surface area (Å²) < 4.78 is 0.721. The number of carboxylic acid groups (broad SMARTS) is 1. The van der Waals surface area contributed by atoms with Crippen molar-refractivity contribution in [3.05, 3.63) is 36.9 Å². The molecule has 10 nitrogen and oxygen atoms in total. The molecule has 0 saturated carbocycles. The molecule has 3 unspecified atom stereocenters. The van der Waals surface area contributed by atoms with Gasteiger partial charge in [-0.3, -0.25) is 14.4 Å². The second kappa shape index (κ2) is 8.90.